The van der Waals surface area contributed by atoms with Crippen LogP contribution in [0.3, 0.4) is 0 Å². The number of hydrogen-bond acceptors (Lipinski definition) is 3. The smallest absolute Gasteiger partial charge is 0.105 e. The van der Waals surface area contributed by atoms with Crippen LogP contribution in [0, 0.1) is 0 Å². The van der Waals surface area contributed by atoms with Crippen LogP contribution in [-0.2, 0) is 0 Å². The van der Waals surface area contributed by atoms with E-state index < -0.39 is 0 Å². The van der Waals surface area contributed by atoms with Gasteiger partial charge in [-0.05, 0) is 37.7 Å². The summed E-state index contributed by atoms with van der Waals surface area (Å²) in [5.41, 5.74) is 2.48. The van der Waals surface area contributed by atoms with Crippen molar-refractivity contribution in [1.29, 1.82) is 0 Å². The van der Waals surface area contributed by atoms with Gasteiger partial charge in [0.15, 0.2) is 0 Å². The first-order valence-corrected chi connectivity index (χ1v) is 6.17. The SMILES string of the molecule is CSc1ncccc1C1=NCCCC1. The van der Waals surface area contributed by atoms with Crippen LogP contribution >= 0.6 is 11.8 Å². The van der Waals surface area contributed by atoms with E-state index in [9.17, 15) is 0 Å². The average molecular weight is 206 g/mol. The van der Waals surface area contributed by atoms with Crippen molar-refractivity contribution in [3.63, 3.8) is 0 Å². The predicted octanol–water partition coefficient (Wildman–Crippen LogP) is 2.78. The van der Waals surface area contributed by atoms with Gasteiger partial charge < -0.3 is 0 Å². The van der Waals surface area contributed by atoms with Gasteiger partial charge in [0.05, 0.1) is 0 Å². The van der Waals surface area contributed by atoms with E-state index in [-0.39, 0.29) is 0 Å². The molecule has 2 heterocycles. The molecule has 74 valence electrons. The Morgan fingerprint density at radius 1 is 1.36 bits per heavy atom. The highest BCUT2D eigenvalue weighted by Gasteiger charge is 2.11. The molecular weight excluding hydrogens is 192 g/mol. The third-order valence-electron chi connectivity index (χ3n) is 2.40. The molecule has 0 bridgehead atoms. The molecule has 0 spiro atoms. The molecule has 14 heavy (non-hydrogen) atoms. The minimum absolute atomic E-state index is 0.984. The van der Waals surface area contributed by atoms with Crippen molar-refractivity contribution in [3.05, 3.63) is 23.9 Å². The number of aromatic nitrogens is 1. The van der Waals surface area contributed by atoms with Crippen molar-refractivity contribution in [3.8, 4) is 0 Å². The van der Waals surface area contributed by atoms with Crippen LogP contribution in [0.5, 0.6) is 0 Å². The monoisotopic (exact) mass is 206 g/mol. The average Bonchev–Trinajstić information content (AvgIpc) is 2.30. The summed E-state index contributed by atoms with van der Waals surface area (Å²) >= 11 is 1.70. The Labute approximate surface area is 88.9 Å². The topological polar surface area (TPSA) is 25.2 Å². The Morgan fingerprint density at radius 2 is 2.29 bits per heavy atom. The maximum Gasteiger partial charge on any atom is 0.105 e. The van der Waals surface area contributed by atoms with Crippen molar-refractivity contribution >= 4 is 17.5 Å². The molecule has 0 amide bonds. The molecule has 1 aliphatic rings. The first-order chi connectivity index (χ1) is 6.92. The van der Waals surface area contributed by atoms with Crippen LogP contribution in [0.4, 0.5) is 0 Å². The Hall–Kier alpha value is -0.830. The number of hydrogen-bond donors (Lipinski definition) is 0. The van der Waals surface area contributed by atoms with E-state index in [2.05, 4.69) is 22.3 Å². The predicted molar refractivity (Wildman–Crippen MR) is 61.3 cm³/mol. The van der Waals surface area contributed by atoms with Gasteiger partial charge in [-0.2, -0.15) is 0 Å². The lowest BCUT2D eigenvalue weighted by atomic mass is 10.0. The van der Waals surface area contributed by atoms with E-state index >= 15 is 0 Å². The second-order valence-electron chi connectivity index (χ2n) is 3.35. The Balaban J connectivity index is 2.34. The standard InChI is InChI=1S/C11H14N2S/c1-14-11-9(5-4-8-13-11)10-6-2-3-7-12-10/h4-5,8H,2-3,6-7H2,1H3. The first-order valence-electron chi connectivity index (χ1n) is 4.94. The maximum atomic E-state index is 4.57. The van der Waals surface area contributed by atoms with Crippen molar-refractivity contribution in [2.75, 3.05) is 12.8 Å². The first kappa shape index (κ1) is 9.71. The maximum absolute atomic E-state index is 4.57. The molecule has 0 saturated carbocycles. The molecule has 0 fully saturated rings. The molecule has 0 aliphatic carbocycles. The van der Waals surface area contributed by atoms with E-state index in [1.807, 2.05) is 12.3 Å². The molecule has 2 nitrogen and oxygen atoms in total. The van der Waals surface area contributed by atoms with Crippen LogP contribution in [0.2, 0.25) is 0 Å². The fourth-order valence-corrected chi connectivity index (χ4v) is 2.26. The molecule has 1 aromatic heterocycles. The van der Waals surface area contributed by atoms with E-state index in [1.54, 1.807) is 11.8 Å². The molecule has 3 heteroatoms. The van der Waals surface area contributed by atoms with Gasteiger partial charge in [-0.1, -0.05) is 0 Å². The second kappa shape index (κ2) is 4.60. The lowest BCUT2D eigenvalue weighted by Gasteiger charge is -2.13. The molecule has 0 atom stereocenters. The number of nitrogens with zero attached hydrogens (tertiary/aromatic N) is 2. The van der Waals surface area contributed by atoms with Crippen LogP contribution in [0.25, 0.3) is 0 Å². The van der Waals surface area contributed by atoms with Crippen molar-refractivity contribution in [2.45, 2.75) is 24.3 Å². The molecule has 0 unspecified atom stereocenters. The van der Waals surface area contributed by atoms with Gasteiger partial charge in [0.1, 0.15) is 5.03 Å². The Bertz CT molecular complexity index is 347. The Kier molecular flexibility index (Phi) is 3.19. The van der Waals surface area contributed by atoms with Crippen LogP contribution in [0.15, 0.2) is 28.3 Å². The van der Waals surface area contributed by atoms with Crippen LogP contribution in [0.1, 0.15) is 24.8 Å². The molecule has 0 saturated heterocycles. The summed E-state index contributed by atoms with van der Waals surface area (Å²) < 4.78 is 0. The minimum Gasteiger partial charge on any atom is -0.289 e. The summed E-state index contributed by atoms with van der Waals surface area (Å²) in [7, 11) is 0. The molecule has 0 N–H and O–H groups in total. The molecule has 0 aromatic carbocycles. The third-order valence-corrected chi connectivity index (χ3v) is 3.11. The zero-order valence-corrected chi connectivity index (χ0v) is 9.18. The second-order valence-corrected chi connectivity index (χ2v) is 4.14. The van der Waals surface area contributed by atoms with Gasteiger partial charge in [0, 0.05) is 24.0 Å². The summed E-state index contributed by atoms with van der Waals surface area (Å²) in [6.45, 7) is 0.984. The normalized spacial score (nSPS) is 16.5. The van der Waals surface area contributed by atoms with Crippen molar-refractivity contribution < 1.29 is 0 Å². The van der Waals surface area contributed by atoms with Crippen molar-refractivity contribution in [1.82, 2.24) is 4.98 Å². The summed E-state index contributed by atoms with van der Waals surface area (Å²) in [6.07, 6.45) is 7.52. The molecular formula is C11H14N2S. The zero-order valence-electron chi connectivity index (χ0n) is 8.36. The molecule has 1 aromatic rings. The summed E-state index contributed by atoms with van der Waals surface area (Å²) in [4.78, 5) is 8.93. The fraction of sp³-hybridized carbons (Fsp3) is 0.455. The lowest BCUT2D eigenvalue weighted by Crippen LogP contribution is -2.09. The number of thioether (sulfide) groups is 1. The minimum atomic E-state index is 0.984. The molecule has 1 aliphatic heterocycles. The molecule has 2 rings (SSSR count). The van der Waals surface area contributed by atoms with Gasteiger partial charge in [0.25, 0.3) is 0 Å². The van der Waals surface area contributed by atoms with Gasteiger partial charge >= 0.3 is 0 Å². The van der Waals surface area contributed by atoms with E-state index in [4.69, 9.17) is 0 Å². The van der Waals surface area contributed by atoms with Crippen LogP contribution < -0.4 is 0 Å². The summed E-state index contributed by atoms with van der Waals surface area (Å²) in [5.74, 6) is 0. The highest BCUT2D eigenvalue weighted by Crippen LogP contribution is 2.21. The molecule has 0 radical (unpaired) electrons. The van der Waals surface area contributed by atoms with Crippen molar-refractivity contribution in [2.24, 2.45) is 4.99 Å². The number of pyridine rings is 1. The van der Waals surface area contributed by atoms with E-state index in [0.717, 1.165) is 18.0 Å². The zero-order chi connectivity index (χ0) is 9.80. The number of aliphatic imine (C=N–C) groups is 1. The summed E-state index contributed by atoms with van der Waals surface area (Å²) in [5, 5.41) is 1.10. The fourth-order valence-electron chi connectivity index (χ4n) is 1.69. The Morgan fingerprint density at radius 3 is 3.00 bits per heavy atom. The van der Waals surface area contributed by atoms with E-state index in [0.29, 0.717) is 0 Å². The van der Waals surface area contributed by atoms with Gasteiger partial charge in [-0.25, -0.2) is 4.98 Å². The third kappa shape index (κ3) is 1.98. The van der Waals surface area contributed by atoms with Crippen LogP contribution in [-0.4, -0.2) is 23.5 Å². The highest BCUT2D eigenvalue weighted by atomic mass is 32.2. The largest absolute Gasteiger partial charge is 0.289 e. The van der Waals surface area contributed by atoms with E-state index in [1.165, 1.54) is 24.1 Å². The van der Waals surface area contributed by atoms with Gasteiger partial charge in [0.2, 0.25) is 0 Å². The van der Waals surface area contributed by atoms with Gasteiger partial charge in [-0.15, -0.1) is 11.8 Å². The quantitative estimate of drug-likeness (QED) is 0.695. The van der Waals surface area contributed by atoms with Gasteiger partial charge in [-0.3, -0.25) is 4.99 Å². The lowest BCUT2D eigenvalue weighted by molar-refractivity contribution is 0.737. The number of rotatable bonds is 2. The summed E-state index contributed by atoms with van der Waals surface area (Å²) in [6, 6.07) is 4.12. The highest BCUT2D eigenvalue weighted by molar-refractivity contribution is 7.98.